The molecule has 0 saturated carbocycles. The highest BCUT2D eigenvalue weighted by molar-refractivity contribution is 7.15. The van der Waals surface area contributed by atoms with Crippen LogP contribution in [0, 0.1) is 12.7 Å². The van der Waals surface area contributed by atoms with E-state index in [2.05, 4.69) is 19.9 Å². The van der Waals surface area contributed by atoms with Crippen LogP contribution in [0.15, 0.2) is 59.2 Å². The Balaban J connectivity index is 1.62. The number of ether oxygens (including phenoxy) is 1. The van der Waals surface area contributed by atoms with Gasteiger partial charge in [-0.2, -0.15) is 5.10 Å². The van der Waals surface area contributed by atoms with Crippen LogP contribution >= 0.6 is 11.3 Å². The lowest BCUT2D eigenvalue weighted by atomic mass is 9.97. The molecule has 12 heteroatoms. The fourth-order valence-electron chi connectivity index (χ4n) is 4.63. The third-order valence-corrected chi connectivity index (χ3v) is 7.44. The zero-order chi connectivity index (χ0) is 26.6. The quantitative estimate of drug-likeness (QED) is 0.352. The van der Waals surface area contributed by atoms with Crippen LogP contribution in [-0.4, -0.2) is 41.2 Å². The number of nitrogens with zero attached hydrogens (tertiary/aromatic N) is 7. The number of nitrogen functional groups attached to an aromatic ring is 1. The second kappa shape index (κ2) is 8.99. The van der Waals surface area contributed by atoms with Crippen molar-refractivity contribution in [3.8, 4) is 28.4 Å². The maximum atomic E-state index is 14.3. The maximum Gasteiger partial charge on any atom is 0.316 e. The van der Waals surface area contributed by atoms with E-state index in [4.69, 9.17) is 15.6 Å². The highest BCUT2D eigenvalue weighted by Gasteiger charge is 2.26. The first-order valence-electron chi connectivity index (χ1n) is 11.6. The molecule has 0 bridgehead atoms. The summed E-state index contributed by atoms with van der Waals surface area (Å²) >= 11 is 1.46. The number of aryl methyl sites for hydroxylation is 1. The van der Waals surface area contributed by atoms with Crippen LogP contribution < -0.4 is 16.0 Å². The predicted octanol–water partition coefficient (Wildman–Crippen LogP) is 4.27. The average Bonchev–Trinajstić information content (AvgIpc) is 3.50. The van der Waals surface area contributed by atoms with Gasteiger partial charge in [0.15, 0.2) is 5.65 Å². The molecule has 0 amide bonds. The smallest absolute Gasteiger partial charge is 0.316 e. The fraction of sp³-hybridized carbons (Fsp3) is 0.154. The lowest BCUT2D eigenvalue weighted by Crippen LogP contribution is -2.21. The van der Waals surface area contributed by atoms with Crippen LogP contribution in [0.5, 0.6) is 6.01 Å². The number of hydrogen-bond acceptors (Lipinski definition) is 9. The minimum atomic E-state index is -0.488. The molecule has 0 unspecified atom stereocenters. The topological polar surface area (TPSA) is 126 Å². The van der Waals surface area contributed by atoms with Crippen molar-refractivity contribution >= 4 is 33.0 Å². The van der Waals surface area contributed by atoms with Gasteiger partial charge in [-0.15, -0.1) is 11.3 Å². The van der Waals surface area contributed by atoms with Crippen LogP contribution in [0.3, 0.4) is 0 Å². The molecule has 190 valence electrons. The van der Waals surface area contributed by atoms with Crippen molar-refractivity contribution in [2.75, 3.05) is 12.8 Å². The molecule has 0 aliphatic rings. The summed E-state index contributed by atoms with van der Waals surface area (Å²) in [6.45, 7) is 3.78. The van der Waals surface area contributed by atoms with E-state index in [9.17, 15) is 9.18 Å². The number of halogens is 1. The number of anilines is 1. The van der Waals surface area contributed by atoms with E-state index in [-0.39, 0.29) is 17.4 Å². The summed E-state index contributed by atoms with van der Waals surface area (Å²) in [7, 11) is 1.48. The van der Waals surface area contributed by atoms with Gasteiger partial charge in [-0.25, -0.2) is 29.0 Å². The highest BCUT2D eigenvalue weighted by Crippen LogP contribution is 2.36. The standard InChI is InChI=1S/C26H21FN8O2S/c1-13-11-38-19-8-18(20(25(36)34(13)19)15-5-4-6-17(27)7-15)14(2)35-24-21(23(28)31-12-32-24)22(33-35)16-9-29-26(37-3)30-10-16/h4-12,14H,1-3H3,(H2,28,31,32)/t14-/m0/s1. The Bertz CT molecular complexity index is 1890. The molecule has 0 aliphatic carbocycles. The average molecular weight is 529 g/mol. The Kier molecular flexibility index (Phi) is 5.60. The number of aromatic nitrogens is 7. The van der Waals surface area contributed by atoms with E-state index < -0.39 is 11.9 Å². The van der Waals surface area contributed by atoms with Crippen LogP contribution in [0.4, 0.5) is 10.2 Å². The molecule has 0 aliphatic heterocycles. The Hall–Kier alpha value is -4.71. The first kappa shape index (κ1) is 23.7. The lowest BCUT2D eigenvalue weighted by Gasteiger charge is -2.18. The van der Waals surface area contributed by atoms with E-state index in [1.165, 1.54) is 36.9 Å². The molecule has 38 heavy (non-hydrogen) atoms. The molecular formula is C26H21FN8O2S. The minimum Gasteiger partial charge on any atom is -0.467 e. The van der Waals surface area contributed by atoms with E-state index in [1.54, 1.807) is 33.6 Å². The molecule has 6 aromatic rings. The van der Waals surface area contributed by atoms with Crippen LogP contribution in [0.2, 0.25) is 0 Å². The van der Waals surface area contributed by atoms with Gasteiger partial charge in [0.05, 0.1) is 24.1 Å². The highest BCUT2D eigenvalue weighted by atomic mass is 32.1. The second-order valence-electron chi connectivity index (χ2n) is 8.73. The van der Waals surface area contributed by atoms with E-state index >= 15 is 0 Å². The lowest BCUT2D eigenvalue weighted by molar-refractivity contribution is 0.380. The monoisotopic (exact) mass is 528 g/mol. The zero-order valence-electron chi connectivity index (χ0n) is 20.6. The normalized spacial score (nSPS) is 12.3. The van der Waals surface area contributed by atoms with Gasteiger partial charge in [0.1, 0.15) is 28.5 Å². The summed E-state index contributed by atoms with van der Waals surface area (Å²) in [6, 6.07) is 7.70. The number of methoxy groups -OCH3 is 1. The summed E-state index contributed by atoms with van der Waals surface area (Å²) in [5.74, 6) is -0.187. The molecule has 0 fully saturated rings. The molecule has 10 nitrogen and oxygen atoms in total. The van der Waals surface area contributed by atoms with Gasteiger partial charge in [0.2, 0.25) is 0 Å². The fourth-order valence-corrected chi connectivity index (χ4v) is 5.55. The summed E-state index contributed by atoms with van der Waals surface area (Å²) in [6.07, 6.45) is 4.53. The molecule has 0 saturated heterocycles. The molecule has 2 N–H and O–H groups in total. The Morgan fingerprint density at radius 3 is 2.63 bits per heavy atom. The van der Waals surface area contributed by atoms with Crippen molar-refractivity contribution in [1.82, 2.24) is 34.1 Å². The minimum absolute atomic E-state index is 0.217. The van der Waals surface area contributed by atoms with E-state index in [0.29, 0.717) is 39.0 Å². The number of rotatable bonds is 5. The predicted molar refractivity (Wildman–Crippen MR) is 143 cm³/mol. The van der Waals surface area contributed by atoms with Crippen molar-refractivity contribution < 1.29 is 9.13 Å². The molecular weight excluding hydrogens is 507 g/mol. The van der Waals surface area contributed by atoms with Crippen molar-refractivity contribution in [2.45, 2.75) is 19.9 Å². The summed E-state index contributed by atoms with van der Waals surface area (Å²) in [4.78, 5) is 31.6. The maximum absolute atomic E-state index is 14.3. The first-order valence-corrected chi connectivity index (χ1v) is 12.5. The van der Waals surface area contributed by atoms with Gasteiger partial charge in [0, 0.05) is 29.0 Å². The number of thiazole rings is 1. The number of benzene rings is 1. The molecule has 6 rings (SSSR count). The number of fused-ring (bicyclic) bond motifs is 2. The van der Waals surface area contributed by atoms with Crippen molar-refractivity contribution in [3.63, 3.8) is 0 Å². The number of hydrogen-bond donors (Lipinski definition) is 1. The number of pyridine rings is 1. The Labute approximate surface area is 219 Å². The third-order valence-electron chi connectivity index (χ3n) is 6.44. The molecule has 0 spiro atoms. The van der Waals surface area contributed by atoms with Crippen molar-refractivity contribution in [3.05, 3.63) is 81.9 Å². The zero-order valence-corrected chi connectivity index (χ0v) is 21.4. The second-order valence-corrected chi connectivity index (χ2v) is 9.62. The van der Waals surface area contributed by atoms with Crippen LogP contribution in [0.25, 0.3) is 38.2 Å². The van der Waals surface area contributed by atoms with Gasteiger partial charge in [-0.3, -0.25) is 9.20 Å². The molecule has 5 heterocycles. The van der Waals surface area contributed by atoms with E-state index in [1.807, 2.05) is 25.3 Å². The van der Waals surface area contributed by atoms with E-state index in [0.717, 1.165) is 10.5 Å². The Morgan fingerprint density at radius 1 is 1.11 bits per heavy atom. The van der Waals surface area contributed by atoms with Gasteiger partial charge in [-0.1, -0.05) is 12.1 Å². The summed E-state index contributed by atoms with van der Waals surface area (Å²) < 4.78 is 22.7. The van der Waals surface area contributed by atoms with Gasteiger partial charge < -0.3 is 10.5 Å². The van der Waals surface area contributed by atoms with Gasteiger partial charge >= 0.3 is 6.01 Å². The molecule has 5 aromatic heterocycles. The molecule has 1 aromatic carbocycles. The molecule has 0 radical (unpaired) electrons. The molecule has 1 atom stereocenters. The number of nitrogens with two attached hydrogens (primary N) is 1. The van der Waals surface area contributed by atoms with Gasteiger partial charge in [0.25, 0.3) is 5.56 Å². The van der Waals surface area contributed by atoms with Crippen molar-refractivity contribution in [1.29, 1.82) is 0 Å². The third kappa shape index (κ3) is 3.68. The van der Waals surface area contributed by atoms with Crippen LogP contribution in [0.1, 0.15) is 24.2 Å². The summed E-state index contributed by atoms with van der Waals surface area (Å²) in [5, 5.41) is 7.30. The first-order chi connectivity index (χ1) is 18.4. The Morgan fingerprint density at radius 2 is 1.89 bits per heavy atom. The SMILES string of the molecule is COc1ncc(-c2nn([C@@H](C)c3cc4scc(C)n4c(=O)c3-c3cccc(F)c3)c3ncnc(N)c23)cn1. The van der Waals surface area contributed by atoms with Crippen molar-refractivity contribution in [2.24, 2.45) is 0 Å². The van der Waals surface area contributed by atoms with Gasteiger partial charge in [-0.05, 0) is 43.2 Å². The van der Waals surface area contributed by atoms with Crippen LogP contribution in [-0.2, 0) is 0 Å². The largest absolute Gasteiger partial charge is 0.467 e. The summed E-state index contributed by atoms with van der Waals surface area (Å²) in [5.41, 5.74) is 9.94.